The Labute approximate surface area is 122 Å². The van der Waals surface area contributed by atoms with Crippen LogP contribution in [0.3, 0.4) is 0 Å². The molecule has 0 N–H and O–H groups in total. The molecule has 0 saturated carbocycles. The van der Waals surface area contributed by atoms with Gasteiger partial charge in [0.25, 0.3) is 9.05 Å². The molecule has 0 spiro atoms. The number of hydrogen-bond donors (Lipinski definition) is 0. The summed E-state index contributed by atoms with van der Waals surface area (Å²) in [4.78, 5) is -0.511. The van der Waals surface area contributed by atoms with E-state index in [1.807, 2.05) is 0 Å². The summed E-state index contributed by atoms with van der Waals surface area (Å²) in [6, 6.07) is 6.57. The quantitative estimate of drug-likeness (QED) is 0.599. The highest BCUT2D eigenvalue weighted by Crippen LogP contribution is 2.36. The van der Waals surface area contributed by atoms with Crippen molar-refractivity contribution in [1.82, 2.24) is 0 Å². The molecule has 0 aliphatic heterocycles. The van der Waals surface area contributed by atoms with E-state index in [1.165, 1.54) is 12.1 Å². The van der Waals surface area contributed by atoms with E-state index in [-0.39, 0.29) is 11.1 Å². The Bertz CT molecular complexity index is 785. The Morgan fingerprint density at radius 1 is 1.00 bits per heavy atom. The first-order chi connectivity index (χ1) is 9.59. The summed E-state index contributed by atoms with van der Waals surface area (Å²) in [6.45, 7) is 0. The maximum atomic E-state index is 13.2. The summed E-state index contributed by atoms with van der Waals surface area (Å²) >= 11 is 0. The van der Waals surface area contributed by atoms with Gasteiger partial charge in [-0.3, -0.25) is 0 Å². The fourth-order valence-corrected chi connectivity index (χ4v) is 2.87. The van der Waals surface area contributed by atoms with E-state index in [1.54, 1.807) is 0 Å². The van der Waals surface area contributed by atoms with Crippen LogP contribution in [-0.2, 0) is 15.2 Å². The van der Waals surface area contributed by atoms with Gasteiger partial charge in [0, 0.05) is 16.2 Å². The number of halogens is 5. The second-order valence-electron chi connectivity index (χ2n) is 4.16. The maximum Gasteiger partial charge on any atom is 0.416 e. The van der Waals surface area contributed by atoms with Crippen LogP contribution in [0.25, 0.3) is 11.1 Å². The van der Waals surface area contributed by atoms with Crippen molar-refractivity contribution in [1.29, 1.82) is 0 Å². The molecule has 112 valence electrons. The van der Waals surface area contributed by atoms with Crippen molar-refractivity contribution in [3.63, 3.8) is 0 Å². The van der Waals surface area contributed by atoms with E-state index in [4.69, 9.17) is 10.7 Å². The SMILES string of the molecule is O=S(=O)(Cl)c1ccc(C(F)(F)F)cc1-c1cccc(F)c1. The minimum absolute atomic E-state index is 0.0136. The van der Waals surface area contributed by atoms with Gasteiger partial charge in [-0.1, -0.05) is 12.1 Å². The molecule has 0 aliphatic carbocycles. The highest BCUT2D eigenvalue weighted by molar-refractivity contribution is 8.13. The summed E-state index contributed by atoms with van der Waals surface area (Å²) in [5.41, 5.74) is -1.37. The highest BCUT2D eigenvalue weighted by Gasteiger charge is 2.32. The molecular formula is C13H7ClF4O2S. The van der Waals surface area contributed by atoms with E-state index in [0.717, 1.165) is 18.2 Å². The van der Waals surface area contributed by atoms with Gasteiger partial charge >= 0.3 is 6.18 Å². The lowest BCUT2D eigenvalue weighted by atomic mass is 10.0. The Kier molecular flexibility index (Phi) is 3.99. The second kappa shape index (κ2) is 5.31. The van der Waals surface area contributed by atoms with Crippen LogP contribution in [0.4, 0.5) is 17.6 Å². The van der Waals surface area contributed by atoms with E-state index in [0.29, 0.717) is 12.1 Å². The molecule has 2 aromatic rings. The summed E-state index contributed by atoms with van der Waals surface area (Å²) in [7, 11) is 0.943. The van der Waals surface area contributed by atoms with Crippen LogP contribution < -0.4 is 0 Å². The molecule has 21 heavy (non-hydrogen) atoms. The van der Waals surface area contributed by atoms with Crippen LogP contribution in [0.2, 0.25) is 0 Å². The van der Waals surface area contributed by atoms with Gasteiger partial charge < -0.3 is 0 Å². The van der Waals surface area contributed by atoms with Crippen LogP contribution in [-0.4, -0.2) is 8.42 Å². The molecule has 2 nitrogen and oxygen atoms in total. The van der Waals surface area contributed by atoms with Crippen molar-refractivity contribution in [2.24, 2.45) is 0 Å². The van der Waals surface area contributed by atoms with Gasteiger partial charge in [0.05, 0.1) is 10.5 Å². The molecule has 0 radical (unpaired) electrons. The zero-order chi connectivity index (χ0) is 15.8. The largest absolute Gasteiger partial charge is 0.416 e. The number of rotatable bonds is 2. The molecule has 0 heterocycles. The third-order valence-corrected chi connectivity index (χ3v) is 4.09. The number of hydrogen-bond acceptors (Lipinski definition) is 2. The standard InChI is InChI=1S/C13H7ClF4O2S/c14-21(19,20)12-5-4-9(13(16,17)18)7-11(12)8-2-1-3-10(15)6-8/h1-7H. The van der Waals surface area contributed by atoms with Gasteiger partial charge in [-0.25, -0.2) is 12.8 Å². The van der Waals surface area contributed by atoms with Crippen molar-refractivity contribution in [3.8, 4) is 11.1 Å². The summed E-state index contributed by atoms with van der Waals surface area (Å²) in [5.74, 6) is -0.706. The molecule has 2 rings (SSSR count). The van der Waals surface area contributed by atoms with Crippen LogP contribution in [0, 0.1) is 5.82 Å². The average molecular weight is 339 g/mol. The molecule has 0 aliphatic rings. The molecule has 0 bridgehead atoms. The zero-order valence-corrected chi connectivity index (χ0v) is 11.7. The van der Waals surface area contributed by atoms with Crippen LogP contribution in [0.1, 0.15) is 5.56 Å². The smallest absolute Gasteiger partial charge is 0.207 e. The van der Waals surface area contributed by atoms with Gasteiger partial charge in [0.2, 0.25) is 0 Å². The monoisotopic (exact) mass is 338 g/mol. The van der Waals surface area contributed by atoms with Crippen molar-refractivity contribution in [2.45, 2.75) is 11.1 Å². The fraction of sp³-hybridized carbons (Fsp3) is 0.0769. The first kappa shape index (κ1) is 15.8. The molecule has 0 saturated heterocycles. The lowest BCUT2D eigenvalue weighted by Crippen LogP contribution is -2.06. The van der Waals surface area contributed by atoms with E-state index in [9.17, 15) is 26.0 Å². The van der Waals surface area contributed by atoms with Crippen LogP contribution in [0.15, 0.2) is 47.4 Å². The van der Waals surface area contributed by atoms with Crippen LogP contribution >= 0.6 is 10.7 Å². The first-order valence-corrected chi connectivity index (χ1v) is 7.82. The molecular weight excluding hydrogens is 332 g/mol. The Morgan fingerprint density at radius 3 is 2.19 bits per heavy atom. The lowest BCUT2D eigenvalue weighted by Gasteiger charge is -2.12. The fourth-order valence-electron chi connectivity index (χ4n) is 1.80. The molecule has 0 amide bonds. The van der Waals surface area contributed by atoms with Gasteiger partial charge in [-0.15, -0.1) is 0 Å². The van der Waals surface area contributed by atoms with Gasteiger partial charge in [0.15, 0.2) is 0 Å². The molecule has 2 aromatic carbocycles. The van der Waals surface area contributed by atoms with Crippen molar-refractivity contribution in [2.75, 3.05) is 0 Å². The molecule has 0 unspecified atom stereocenters. The van der Waals surface area contributed by atoms with Gasteiger partial charge in [-0.05, 0) is 35.9 Å². The molecule has 0 atom stereocenters. The molecule has 0 aromatic heterocycles. The summed E-state index contributed by atoms with van der Waals surface area (Å²) < 4.78 is 74.3. The average Bonchev–Trinajstić information content (AvgIpc) is 2.36. The van der Waals surface area contributed by atoms with Crippen molar-refractivity contribution in [3.05, 3.63) is 53.8 Å². The van der Waals surface area contributed by atoms with Crippen LogP contribution in [0.5, 0.6) is 0 Å². The zero-order valence-electron chi connectivity index (χ0n) is 10.2. The van der Waals surface area contributed by atoms with E-state index >= 15 is 0 Å². The molecule has 0 fully saturated rings. The predicted molar refractivity (Wildman–Crippen MR) is 69.9 cm³/mol. The normalized spacial score (nSPS) is 12.4. The van der Waals surface area contributed by atoms with Gasteiger partial charge in [0.1, 0.15) is 5.82 Å². The highest BCUT2D eigenvalue weighted by atomic mass is 35.7. The first-order valence-electron chi connectivity index (χ1n) is 5.51. The Balaban J connectivity index is 2.76. The molecule has 8 heteroatoms. The number of benzene rings is 2. The third-order valence-electron chi connectivity index (χ3n) is 2.71. The Morgan fingerprint density at radius 2 is 1.67 bits per heavy atom. The third kappa shape index (κ3) is 3.54. The summed E-state index contributed by atoms with van der Waals surface area (Å²) in [6.07, 6.45) is -4.66. The second-order valence-corrected chi connectivity index (χ2v) is 6.69. The van der Waals surface area contributed by atoms with Gasteiger partial charge in [-0.2, -0.15) is 13.2 Å². The van der Waals surface area contributed by atoms with E-state index in [2.05, 4.69) is 0 Å². The Hall–Kier alpha value is -1.60. The predicted octanol–water partition coefficient (Wildman–Crippen LogP) is 4.44. The summed E-state index contributed by atoms with van der Waals surface area (Å²) in [5, 5.41) is 0. The minimum atomic E-state index is -4.66. The van der Waals surface area contributed by atoms with Crippen molar-refractivity contribution >= 4 is 19.7 Å². The maximum absolute atomic E-state index is 13.2. The lowest BCUT2D eigenvalue weighted by molar-refractivity contribution is -0.137. The number of alkyl halides is 3. The minimum Gasteiger partial charge on any atom is -0.207 e. The van der Waals surface area contributed by atoms with Crippen molar-refractivity contribution < 1.29 is 26.0 Å². The topological polar surface area (TPSA) is 34.1 Å². The van der Waals surface area contributed by atoms with E-state index < -0.39 is 31.5 Å².